The summed E-state index contributed by atoms with van der Waals surface area (Å²) >= 11 is 1.56. The summed E-state index contributed by atoms with van der Waals surface area (Å²) in [6, 6.07) is 2.00. The van der Waals surface area contributed by atoms with Crippen LogP contribution in [0.3, 0.4) is 0 Å². The van der Waals surface area contributed by atoms with Crippen molar-refractivity contribution in [3.63, 3.8) is 0 Å². The van der Waals surface area contributed by atoms with Gasteiger partial charge in [-0.2, -0.15) is 0 Å². The first-order valence-electron chi connectivity index (χ1n) is 9.28. The summed E-state index contributed by atoms with van der Waals surface area (Å²) in [6.07, 6.45) is 1.93. The number of imidazole rings is 1. The first-order valence-corrected chi connectivity index (χ1v) is 10.2. The largest absolute Gasteiger partial charge is 0.340 e. The fourth-order valence-corrected chi connectivity index (χ4v) is 5.23. The first-order chi connectivity index (χ1) is 13.0. The minimum absolute atomic E-state index is 0.0991. The number of carbonyl (C=O) groups excluding carboxylic acids is 1. The molecule has 2 atom stereocenters. The van der Waals surface area contributed by atoms with Gasteiger partial charge >= 0.3 is 0 Å². The molecule has 0 saturated carbocycles. The second-order valence-corrected chi connectivity index (χ2v) is 8.56. The lowest BCUT2D eigenvalue weighted by Gasteiger charge is -2.22. The molecular weight excluding hydrogens is 360 g/mol. The molecule has 2 aliphatic rings. The zero-order valence-electron chi connectivity index (χ0n) is 15.7. The zero-order chi connectivity index (χ0) is 18.7. The summed E-state index contributed by atoms with van der Waals surface area (Å²) in [5.41, 5.74) is 3.53. The molecule has 8 heteroatoms. The summed E-state index contributed by atoms with van der Waals surface area (Å²) in [6.45, 7) is 9.35. The van der Waals surface area contributed by atoms with Crippen molar-refractivity contribution in [1.82, 2.24) is 24.3 Å². The van der Waals surface area contributed by atoms with Crippen molar-refractivity contribution in [1.29, 1.82) is 0 Å². The number of nitrogens with zero attached hydrogens (tertiary/aromatic N) is 6. The molecule has 0 aromatic carbocycles. The Morgan fingerprint density at radius 2 is 1.70 bits per heavy atom. The van der Waals surface area contributed by atoms with Gasteiger partial charge in [0.2, 0.25) is 5.95 Å². The van der Waals surface area contributed by atoms with Gasteiger partial charge in [0, 0.05) is 61.0 Å². The third-order valence-corrected chi connectivity index (χ3v) is 6.42. The highest BCUT2D eigenvalue weighted by Gasteiger charge is 2.43. The summed E-state index contributed by atoms with van der Waals surface area (Å²) in [7, 11) is 0. The van der Waals surface area contributed by atoms with E-state index >= 15 is 0 Å². The Kier molecular flexibility index (Phi) is 3.72. The summed E-state index contributed by atoms with van der Waals surface area (Å²) in [5, 5.41) is 1.97. The first kappa shape index (κ1) is 16.7. The van der Waals surface area contributed by atoms with Crippen LogP contribution in [-0.2, 0) is 0 Å². The fraction of sp³-hybridized carbons (Fsp3) is 0.474. The van der Waals surface area contributed by atoms with Crippen LogP contribution < -0.4 is 4.90 Å². The number of amides is 1. The number of likely N-dealkylation sites (tertiary alicyclic amines) is 1. The molecule has 0 aliphatic carbocycles. The highest BCUT2D eigenvalue weighted by molar-refractivity contribution is 7.15. The highest BCUT2D eigenvalue weighted by Crippen LogP contribution is 2.34. The number of carbonyl (C=O) groups is 1. The summed E-state index contributed by atoms with van der Waals surface area (Å²) in [4.78, 5) is 32.0. The lowest BCUT2D eigenvalue weighted by atomic mass is 10.0. The van der Waals surface area contributed by atoms with Gasteiger partial charge in [-0.15, -0.1) is 11.3 Å². The molecule has 27 heavy (non-hydrogen) atoms. The van der Waals surface area contributed by atoms with Crippen LogP contribution in [0.4, 0.5) is 5.95 Å². The topological polar surface area (TPSA) is 66.6 Å². The van der Waals surface area contributed by atoms with E-state index in [1.807, 2.05) is 47.7 Å². The van der Waals surface area contributed by atoms with Crippen molar-refractivity contribution in [2.24, 2.45) is 11.8 Å². The van der Waals surface area contributed by atoms with Crippen LogP contribution in [0.1, 0.15) is 27.6 Å². The van der Waals surface area contributed by atoms with Crippen molar-refractivity contribution in [3.8, 4) is 0 Å². The molecule has 2 fully saturated rings. The maximum absolute atomic E-state index is 13.1. The predicted octanol–water partition coefficient (Wildman–Crippen LogP) is 2.32. The van der Waals surface area contributed by atoms with E-state index in [-0.39, 0.29) is 5.91 Å². The Bertz CT molecular complexity index is 1010. The number of anilines is 1. The smallest absolute Gasteiger partial charge is 0.272 e. The highest BCUT2D eigenvalue weighted by atomic mass is 32.1. The average Bonchev–Trinajstić information content (AvgIpc) is 3.31. The second kappa shape index (κ2) is 6.02. The predicted molar refractivity (Wildman–Crippen MR) is 104 cm³/mol. The van der Waals surface area contributed by atoms with Crippen molar-refractivity contribution in [2.75, 3.05) is 31.1 Å². The van der Waals surface area contributed by atoms with E-state index in [4.69, 9.17) is 0 Å². The lowest BCUT2D eigenvalue weighted by Crippen LogP contribution is -2.34. The van der Waals surface area contributed by atoms with Crippen molar-refractivity contribution < 1.29 is 4.79 Å². The van der Waals surface area contributed by atoms with Gasteiger partial charge in [-0.05, 0) is 26.8 Å². The Hall–Kier alpha value is -2.48. The zero-order valence-corrected chi connectivity index (χ0v) is 16.5. The molecule has 2 saturated heterocycles. The van der Waals surface area contributed by atoms with E-state index in [1.165, 1.54) is 0 Å². The molecule has 1 amide bonds. The Morgan fingerprint density at radius 3 is 2.37 bits per heavy atom. The van der Waals surface area contributed by atoms with Crippen molar-refractivity contribution in [2.45, 2.75) is 20.8 Å². The molecule has 5 heterocycles. The van der Waals surface area contributed by atoms with E-state index < -0.39 is 0 Å². The number of hydrogen-bond acceptors (Lipinski definition) is 6. The lowest BCUT2D eigenvalue weighted by molar-refractivity contribution is 0.0775. The van der Waals surface area contributed by atoms with Gasteiger partial charge in [0.1, 0.15) is 5.69 Å². The minimum atomic E-state index is 0.0991. The van der Waals surface area contributed by atoms with Crippen LogP contribution in [-0.4, -0.2) is 56.3 Å². The van der Waals surface area contributed by atoms with Crippen LogP contribution in [0.25, 0.3) is 4.96 Å². The fourth-order valence-electron chi connectivity index (χ4n) is 4.47. The standard InChI is InChI=1S/C19H22N6OS/c1-11-6-12(2)21-18(20-11)24-9-14-7-23(8-15(14)10-24)17(26)16-13(3)22-19-25(16)4-5-27-19/h4-6,14-15H,7-10H2,1-3H3. The maximum atomic E-state index is 13.1. The number of hydrogen-bond donors (Lipinski definition) is 0. The molecule has 2 unspecified atom stereocenters. The molecule has 3 aromatic heterocycles. The number of fused-ring (bicyclic) bond motifs is 2. The normalized spacial score (nSPS) is 22.0. The van der Waals surface area contributed by atoms with Gasteiger partial charge < -0.3 is 9.80 Å². The van der Waals surface area contributed by atoms with Gasteiger partial charge in [0.05, 0.1) is 5.69 Å². The molecule has 5 rings (SSSR count). The third-order valence-electron chi connectivity index (χ3n) is 5.67. The summed E-state index contributed by atoms with van der Waals surface area (Å²) < 4.78 is 1.92. The molecule has 0 N–H and O–H groups in total. The van der Waals surface area contributed by atoms with E-state index in [2.05, 4.69) is 19.9 Å². The van der Waals surface area contributed by atoms with Gasteiger partial charge in [0.25, 0.3) is 5.91 Å². The Morgan fingerprint density at radius 1 is 1.04 bits per heavy atom. The van der Waals surface area contributed by atoms with Crippen LogP contribution in [0.15, 0.2) is 17.6 Å². The quantitative estimate of drug-likeness (QED) is 0.680. The van der Waals surface area contributed by atoms with Crippen LogP contribution in [0.5, 0.6) is 0 Å². The van der Waals surface area contributed by atoms with Crippen molar-refractivity contribution >= 4 is 28.2 Å². The second-order valence-electron chi connectivity index (χ2n) is 7.69. The van der Waals surface area contributed by atoms with Gasteiger partial charge in [-0.25, -0.2) is 15.0 Å². The number of thiazole rings is 1. The Balaban J connectivity index is 1.33. The van der Waals surface area contributed by atoms with Crippen LogP contribution in [0, 0.1) is 32.6 Å². The molecule has 7 nitrogen and oxygen atoms in total. The molecule has 3 aromatic rings. The minimum Gasteiger partial charge on any atom is -0.340 e. The van der Waals surface area contributed by atoms with Gasteiger partial charge in [0.15, 0.2) is 4.96 Å². The third kappa shape index (κ3) is 2.70. The average molecular weight is 382 g/mol. The van der Waals surface area contributed by atoms with Gasteiger partial charge in [-0.3, -0.25) is 9.20 Å². The van der Waals surface area contributed by atoms with Crippen molar-refractivity contribution in [3.05, 3.63) is 40.4 Å². The number of rotatable bonds is 2. The monoisotopic (exact) mass is 382 g/mol. The number of aryl methyl sites for hydroxylation is 3. The molecule has 2 aliphatic heterocycles. The Labute approximate surface area is 161 Å². The molecule has 0 radical (unpaired) electrons. The van der Waals surface area contributed by atoms with Crippen LogP contribution >= 0.6 is 11.3 Å². The van der Waals surface area contributed by atoms with E-state index in [1.54, 1.807) is 11.3 Å². The van der Waals surface area contributed by atoms with E-state index in [0.717, 1.165) is 54.2 Å². The molecular formula is C19H22N6OS. The summed E-state index contributed by atoms with van der Waals surface area (Å²) in [5.74, 6) is 1.88. The maximum Gasteiger partial charge on any atom is 0.272 e. The molecule has 140 valence electrons. The number of aromatic nitrogens is 4. The van der Waals surface area contributed by atoms with Gasteiger partial charge in [-0.1, -0.05) is 0 Å². The van der Waals surface area contributed by atoms with E-state index in [0.29, 0.717) is 17.5 Å². The SMILES string of the molecule is Cc1cc(C)nc(N2CC3CN(C(=O)c4c(C)nc5sccn45)CC3C2)n1. The van der Waals surface area contributed by atoms with E-state index in [9.17, 15) is 4.79 Å². The molecule has 0 bridgehead atoms. The molecule has 0 spiro atoms. The van der Waals surface area contributed by atoms with Crippen LogP contribution in [0.2, 0.25) is 0 Å².